The number of carbonyl (C=O) groups excluding carboxylic acids is 1. The zero-order valence-electron chi connectivity index (χ0n) is 22.1. The van der Waals surface area contributed by atoms with Crippen LogP contribution in [0.1, 0.15) is 99.7 Å². The normalized spacial score (nSPS) is 10.8. The van der Waals surface area contributed by atoms with Crippen LogP contribution in [0.3, 0.4) is 0 Å². The van der Waals surface area contributed by atoms with Gasteiger partial charge in [0.25, 0.3) is 10.1 Å². The number of ether oxygens (including phenoxy) is 1. The molecule has 0 bridgehead atoms. The van der Waals surface area contributed by atoms with Crippen molar-refractivity contribution in [3.63, 3.8) is 0 Å². The van der Waals surface area contributed by atoms with Crippen molar-refractivity contribution in [2.24, 2.45) is 0 Å². The number of methoxy groups -OCH3 is 1. The van der Waals surface area contributed by atoms with Crippen molar-refractivity contribution in [3.05, 3.63) is 42.5 Å². The van der Waals surface area contributed by atoms with Crippen molar-refractivity contribution in [3.8, 4) is 0 Å². The molecule has 0 atom stereocenters. The van der Waals surface area contributed by atoms with Gasteiger partial charge in [0.05, 0.1) is 12.0 Å². The Kier molecular flexibility index (Phi) is 25.1. The van der Waals surface area contributed by atoms with Gasteiger partial charge < -0.3 is 7.59 Å². The summed E-state index contributed by atoms with van der Waals surface area (Å²) in [5.74, 6) is -0.0763. The van der Waals surface area contributed by atoms with Gasteiger partial charge in [0.2, 0.25) is 0 Å². The van der Waals surface area contributed by atoms with Gasteiger partial charge in [-0.25, -0.2) is 0 Å². The Balaban J connectivity index is -0.000000293. The molecule has 182 valence electrons. The second kappa shape index (κ2) is 23.7. The smallest absolute Gasteiger partial charge is 1.00 e. The topological polar surface area (TPSA) is 80.7 Å². The molecule has 0 spiro atoms. The van der Waals surface area contributed by atoms with Crippen LogP contribution in [0.2, 0.25) is 0 Å². The quantitative estimate of drug-likeness (QED) is 0.0878. The molecule has 1 aromatic carbocycles. The van der Waals surface area contributed by atoms with Gasteiger partial charge in [0, 0.05) is 6.42 Å². The van der Waals surface area contributed by atoms with Crippen LogP contribution in [0.5, 0.6) is 0 Å². The third-order valence-electron chi connectivity index (χ3n) is 4.91. The maximum atomic E-state index is 10.9. The van der Waals surface area contributed by atoms with Gasteiger partial charge >= 0.3 is 43.7 Å². The monoisotopic (exact) mass is 496 g/mol. The summed E-state index contributed by atoms with van der Waals surface area (Å²) >= 11 is 0. The van der Waals surface area contributed by atoms with Crippen molar-refractivity contribution in [2.45, 2.75) is 102 Å². The van der Waals surface area contributed by atoms with Crippen LogP contribution in [-0.2, 0) is 19.6 Å². The molecule has 0 fully saturated rings. The molecule has 0 aromatic heterocycles. The Labute approximate surface area is 229 Å². The van der Waals surface area contributed by atoms with Gasteiger partial charge in [0.15, 0.2) is 0 Å². The minimum Gasteiger partial charge on any atom is -1.00 e. The van der Waals surface area contributed by atoms with Crippen LogP contribution in [0.15, 0.2) is 47.4 Å². The second-order valence-corrected chi connectivity index (χ2v) is 9.12. The van der Waals surface area contributed by atoms with E-state index < -0.39 is 10.1 Å². The molecule has 1 N–H and O–H groups in total. The summed E-state index contributed by atoms with van der Waals surface area (Å²) in [6, 6.07) is 7.42. The number of esters is 1. The average Bonchev–Trinajstić information content (AvgIpc) is 2.76. The van der Waals surface area contributed by atoms with E-state index in [1.807, 2.05) is 0 Å². The van der Waals surface area contributed by atoms with E-state index in [0.717, 1.165) is 12.8 Å². The maximum absolute atomic E-state index is 10.9. The number of benzene rings is 1. The summed E-state index contributed by atoms with van der Waals surface area (Å²) < 4.78 is 33.9. The second-order valence-electron chi connectivity index (χ2n) is 7.70. The Hall–Kier alpha value is -0.400. The number of rotatable bonds is 16. The van der Waals surface area contributed by atoms with E-state index in [0.29, 0.717) is 6.42 Å². The minimum absolute atomic E-state index is 0. The fourth-order valence-electron chi connectivity index (χ4n) is 3.03. The van der Waals surface area contributed by atoms with Crippen LogP contribution in [0, 0.1) is 0 Å². The number of allylic oxidation sites excluding steroid dienone is 2. The van der Waals surface area contributed by atoms with E-state index in [4.69, 9.17) is 4.55 Å². The number of hydrogen-bond acceptors (Lipinski definition) is 4. The van der Waals surface area contributed by atoms with Gasteiger partial charge in [-0.15, -0.1) is 0 Å². The van der Waals surface area contributed by atoms with Gasteiger partial charge in [-0.2, -0.15) is 8.42 Å². The molecule has 0 unspecified atom stereocenters. The van der Waals surface area contributed by atoms with E-state index in [9.17, 15) is 13.2 Å². The molecule has 1 aromatic rings. The fourth-order valence-corrected chi connectivity index (χ4v) is 3.54. The average molecular weight is 497 g/mol. The summed E-state index contributed by atoms with van der Waals surface area (Å²) in [6.45, 7) is 2.27. The molecule has 0 aliphatic rings. The number of carbonyl (C=O) groups is 1. The summed E-state index contributed by atoms with van der Waals surface area (Å²) in [5.41, 5.74) is 0. The number of hydrogen-bond donors (Lipinski definition) is 1. The van der Waals surface area contributed by atoms with Crippen molar-refractivity contribution in [1.29, 1.82) is 0 Å². The molecule has 0 aliphatic carbocycles. The van der Waals surface area contributed by atoms with E-state index in [1.54, 1.807) is 18.2 Å². The molecule has 5 nitrogen and oxygen atoms in total. The molecular formula is C25H44CaO5S. The van der Waals surface area contributed by atoms with Crippen molar-refractivity contribution in [1.82, 2.24) is 0 Å². The Morgan fingerprint density at radius 3 is 1.78 bits per heavy atom. The van der Waals surface area contributed by atoms with Crippen molar-refractivity contribution in [2.75, 3.05) is 7.11 Å². The Morgan fingerprint density at radius 2 is 1.34 bits per heavy atom. The van der Waals surface area contributed by atoms with Crippen LogP contribution in [0.25, 0.3) is 0 Å². The molecule has 0 aliphatic heterocycles. The predicted octanol–water partition coefficient (Wildman–Crippen LogP) is 6.97. The third kappa shape index (κ3) is 22.8. The van der Waals surface area contributed by atoms with Crippen molar-refractivity contribution < 1.29 is 25.4 Å². The van der Waals surface area contributed by atoms with Crippen LogP contribution >= 0.6 is 0 Å². The molecule has 0 heterocycles. The third-order valence-corrected chi connectivity index (χ3v) is 5.78. The maximum Gasteiger partial charge on any atom is 2.00 e. The first kappa shape index (κ1) is 33.8. The van der Waals surface area contributed by atoms with Gasteiger partial charge in [-0.3, -0.25) is 9.35 Å². The first-order chi connectivity index (χ1) is 14.9. The summed E-state index contributed by atoms with van der Waals surface area (Å²) in [4.78, 5) is 10.8. The zero-order valence-corrected chi connectivity index (χ0v) is 23.2. The summed E-state index contributed by atoms with van der Waals surface area (Å²) in [7, 11) is -2.54. The zero-order chi connectivity index (χ0) is 23.2. The van der Waals surface area contributed by atoms with E-state index in [-0.39, 0.29) is 51.5 Å². The SMILES string of the molecule is CCCCCCCC/C=C\CCCCCCCC(=O)OC.O=S(=O)(O)c1ccccc1.[Ca+2].[H-].[H-]. The first-order valence-corrected chi connectivity index (χ1v) is 13.1. The van der Waals surface area contributed by atoms with E-state index >= 15 is 0 Å². The molecule has 1 rings (SSSR count). The molecule has 0 radical (unpaired) electrons. The first-order valence-electron chi connectivity index (χ1n) is 11.7. The van der Waals surface area contributed by atoms with Crippen LogP contribution in [-0.4, -0.2) is 63.8 Å². The van der Waals surface area contributed by atoms with Gasteiger partial charge in [0.1, 0.15) is 0 Å². The Morgan fingerprint density at radius 1 is 0.875 bits per heavy atom. The summed E-state index contributed by atoms with van der Waals surface area (Å²) in [5, 5.41) is 0. The fraction of sp³-hybridized carbons (Fsp3) is 0.640. The van der Waals surface area contributed by atoms with Crippen LogP contribution < -0.4 is 0 Å². The molecular weight excluding hydrogens is 452 g/mol. The van der Waals surface area contributed by atoms with Crippen LogP contribution in [0.4, 0.5) is 0 Å². The summed E-state index contributed by atoms with van der Waals surface area (Å²) in [6.07, 6.45) is 22.0. The standard InChI is InChI=1S/C19H36O2.C6H6O3S.Ca.2H/c1-3-4-5-6-7-8-9-10-11-12-13-14-15-16-17-18-19(20)21-2;7-10(8,9)6-4-2-1-3-5-6;;;/h10-11H,3-9,12-18H2,1-2H3;1-5H,(H,7,8,9);;;/q;;+2;2*-1/b11-10-;;;;. The van der Waals surface area contributed by atoms with Gasteiger partial charge in [-0.05, 0) is 44.2 Å². The molecule has 0 saturated carbocycles. The molecule has 7 heteroatoms. The minimum atomic E-state index is -4.00. The van der Waals surface area contributed by atoms with E-state index in [1.165, 1.54) is 89.9 Å². The Bertz CT molecular complexity index is 686. The van der Waals surface area contributed by atoms with Crippen molar-refractivity contribution >= 4 is 53.8 Å². The molecule has 0 amide bonds. The van der Waals surface area contributed by atoms with Gasteiger partial charge in [-0.1, -0.05) is 88.6 Å². The predicted molar refractivity (Wildman–Crippen MR) is 136 cm³/mol. The molecule has 32 heavy (non-hydrogen) atoms. The van der Waals surface area contributed by atoms with E-state index in [2.05, 4.69) is 23.8 Å². The number of unbranched alkanes of at least 4 members (excludes halogenated alkanes) is 11. The molecule has 0 saturated heterocycles. The largest absolute Gasteiger partial charge is 2.00 e.